The lowest BCUT2D eigenvalue weighted by Crippen LogP contribution is -2.27. The Morgan fingerprint density at radius 3 is 2.64 bits per heavy atom. The van der Waals surface area contributed by atoms with Gasteiger partial charge in [0.1, 0.15) is 0 Å². The first-order valence-corrected chi connectivity index (χ1v) is 8.38. The van der Waals surface area contributed by atoms with Crippen molar-refractivity contribution in [3.63, 3.8) is 0 Å². The zero-order chi connectivity index (χ0) is 18.0. The van der Waals surface area contributed by atoms with Crippen LogP contribution in [0.5, 0.6) is 0 Å². The Labute approximate surface area is 152 Å². The van der Waals surface area contributed by atoms with E-state index in [0.29, 0.717) is 10.6 Å². The smallest absolute Gasteiger partial charge is 0.268 e. The standard InChI is InChI=1S/C17H11ClN2O4S/c18-13-5-1-4-12(7-13)10-19-16(21)15(25-17(19)22)9-11-3-2-6-14(8-11)20(23)24/h1-9H,10H2/b15-9-. The van der Waals surface area contributed by atoms with E-state index in [2.05, 4.69) is 0 Å². The van der Waals surface area contributed by atoms with Crippen molar-refractivity contribution in [2.45, 2.75) is 6.54 Å². The van der Waals surface area contributed by atoms with E-state index in [0.717, 1.165) is 22.2 Å². The monoisotopic (exact) mass is 374 g/mol. The highest BCUT2D eigenvalue weighted by molar-refractivity contribution is 8.18. The molecule has 126 valence electrons. The van der Waals surface area contributed by atoms with Crippen molar-refractivity contribution >= 4 is 46.3 Å². The molecule has 0 aliphatic carbocycles. The van der Waals surface area contributed by atoms with E-state index in [9.17, 15) is 19.7 Å². The number of benzene rings is 2. The molecule has 0 N–H and O–H groups in total. The summed E-state index contributed by atoms with van der Waals surface area (Å²) in [6.45, 7) is 0.123. The summed E-state index contributed by atoms with van der Waals surface area (Å²) in [6, 6.07) is 12.8. The van der Waals surface area contributed by atoms with Crippen LogP contribution in [-0.4, -0.2) is 21.0 Å². The molecule has 2 aromatic carbocycles. The summed E-state index contributed by atoms with van der Waals surface area (Å²) in [6.07, 6.45) is 1.48. The minimum Gasteiger partial charge on any atom is -0.268 e. The molecule has 0 radical (unpaired) electrons. The summed E-state index contributed by atoms with van der Waals surface area (Å²) in [5, 5.41) is 11.0. The van der Waals surface area contributed by atoms with Crippen LogP contribution in [0.15, 0.2) is 53.4 Å². The van der Waals surface area contributed by atoms with E-state index in [4.69, 9.17) is 11.6 Å². The number of hydrogen-bond acceptors (Lipinski definition) is 5. The van der Waals surface area contributed by atoms with Gasteiger partial charge in [-0.15, -0.1) is 0 Å². The summed E-state index contributed by atoms with van der Waals surface area (Å²) in [5.74, 6) is -0.429. The Morgan fingerprint density at radius 1 is 1.16 bits per heavy atom. The van der Waals surface area contributed by atoms with Gasteiger partial charge >= 0.3 is 0 Å². The molecular weight excluding hydrogens is 364 g/mol. The van der Waals surface area contributed by atoms with E-state index in [1.807, 2.05) is 0 Å². The molecule has 0 bridgehead atoms. The maximum Gasteiger partial charge on any atom is 0.293 e. The van der Waals surface area contributed by atoms with Gasteiger partial charge in [0.15, 0.2) is 0 Å². The van der Waals surface area contributed by atoms with E-state index in [-0.39, 0.29) is 22.4 Å². The number of nitro benzene ring substituents is 1. The van der Waals surface area contributed by atoms with Crippen LogP contribution in [0.25, 0.3) is 6.08 Å². The quantitative estimate of drug-likeness (QED) is 0.447. The largest absolute Gasteiger partial charge is 0.293 e. The fraction of sp³-hybridized carbons (Fsp3) is 0.0588. The summed E-state index contributed by atoms with van der Waals surface area (Å²) in [5.41, 5.74) is 1.15. The van der Waals surface area contributed by atoms with Gasteiger partial charge in [0, 0.05) is 17.2 Å². The van der Waals surface area contributed by atoms with Crippen molar-refractivity contribution in [2.75, 3.05) is 0 Å². The highest BCUT2D eigenvalue weighted by atomic mass is 35.5. The van der Waals surface area contributed by atoms with Crippen molar-refractivity contribution in [1.82, 2.24) is 4.90 Å². The van der Waals surface area contributed by atoms with Crippen LogP contribution >= 0.6 is 23.4 Å². The van der Waals surface area contributed by atoms with Crippen LogP contribution < -0.4 is 0 Å². The molecule has 0 unspecified atom stereocenters. The Balaban J connectivity index is 1.83. The molecule has 0 spiro atoms. The highest BCUT2D eigenvalue weighted by Crippen LogP contribution is 2.33. The number of thioether (sulfide) groups is 1. The van der Waals surface area contributed by atoms with E-state index < -0.39 is 10.8 Å². The number of amides is 2. The molecule has 1 aliphatic heterocycles. The molecule has 1 saturated heterocycles. The Morgan fingerprint density at radius 2 is 1.92 bits per heavy atom. The van der Waals surface area contributed by atoms with Gasteiger partial charge in [0.25, 0.3) is 16.8 Å². The third kappa shape index (κ3) is 3.89. The fourth-order valence-corrected chi connectivity index (χ4v) is 3.38. The minimum atomic E-state index is -0.512. The first-order chi connectivity index (χ1) is 11.9. The number of nitrogens with zero attached hydrogens (tertiary/aromatic N) is 2. The maximum atomic E-state index is 12.5. The van der Waals surface area contributed by atoms with Gasteiger partial charge < -0.3 is 0 Å². The van der Waals surface area contributed by atoms with Crippen molar-refractivity contribution in [3.05, 3.63) is 79.7 Å². The minimum absolute atomic E-state index is 0.0769. The Hall–Kier alpha value is -2.64. The summed E-state index contributed by atoms with van der Waals surface area (Å²) >= 11 is 6.73. The molecule has 2 amide bonds. The number of halogens is 1. The molecule has 0 saturated carbocycles. The summed E-state index contributed by atoms with van der Waals surface area (Å²) in [4.78, 5) is 36.3. The molecule has 1 aliphatic rings. The van der Waals surface area contributed by atoms with Crippen LogP contribution in [0.1, 0.15) is 11.1 Å². The zero-order valence-corrected chi connectivity index (χ0v) is 14.3. The number of carbonyl (C=O) groups is 2. The summed E-state index contributed by atoms with van der Waals surface area (Å²) < 4.78 is 0. The maximum absolute atomic E-state index is 12.5. The number of nitro groups is 1. The second-order valence-corrected chi connectivity index (χ2v) is 6.68. The number of carbonyl (C=O) groups excluding carboxylic acids is 2. The van der Waals surface area contributed by atoms with E-state index >= 15 is 0 Å². The molecule has 8 heteroatoms. The first-order valence-electron chi connectivity index (χ1n) is 7.18. The van der Waals surface area contributed by atoms with E-state index in [1.54, 1.807) is 30.3 Å². The number of imide groups is 1. The van der Waals surface area contributed by atoms with Crippen LogP contribution in [-0.2, 0) is 11.3 Å². The van der Waals surface area contributed by atoms with Gasteiger partial charge in [-0.25, -0.2) is 0 Å². The lowest BCUT2D eigenvalue weighted by Gasteiger charge is -2.12. The molecule has 0 aromatic heterocycles. The van der Waals surface area contributed by atoms with Crippen molar-refractivity contribution in [2.24, 2.45) is 0 Å². The van der Waals surface area contributed by atoms with Gasteiger partial charge in [-0.3, -0.25) is 24.6 Å². The SMILES string of the molecule is O=C1S/C(=C\c2cccc([N+](=O)[O-])c2)C(=O)N1Cc1cccc(Cl)c1. The van der Waals surface area contributed by atoms with Crippen LogP contribution in [0.2, 0.25) is 5.02 Å². The Kier molecular flexibility index (Phi) is 4.87. The van der Waals surface area contributed by atoms with Crippen molar-refractivity contribution in [1.29, 1.82) is 0 Å². The lowest BCUT2D eigenvalue weighted by atomic mass is 10.2. The molecule has 1 heterocycles. The normalized spacial score (nSPS) is 15.9. The molecule has 1 fully saturated rings. The van der Waals surface area contributed by atoms with Gasteiger partial charge in [-0.1, -0.05) is 35.9 Å². The lowest BCUT2D eigenvalue weighted by molar-refractivity contribution is -0.384. The predicted octanol–water partition coefficient (Wildman–Crippen LogP) is 4.48. The van der Waals surface area contributed by atoms with Gasteiger partial charge in [-0.05, 0) is 41.1 Å². The summed E-state index contributed by atoms with van der Waals surface area (Å²) in [7, 11) is 0. The average molecular weight is 375 g/mol. The molecule has 0 atom stereocenters. The van der Waals surface area contributed by atoms with Crippen LogP contribution in [0.4, 0.5) is 10.5 Å². The predicted molar refractivity (Wildman–Crippen MR) is 96.1 cm³/mol. The third-order valence-corrected chi connectivity index (χ3v) is 4.62. The van der Waals surface area contributed by atoms with Crippen molar-refractivity contribution in [3.8, 4) is 0 Å². The molecule has 25 heavy (non-hydrogen) atoms. The molecule has 2 aromatic rings. The van der Waals surface area contributed by atoms with Gasteiger partial charge in [0.2, 0.25) is 0 Å². The van der Waals surface area contributed by atoms with Crippen LogP contribution in [0.3, 0.4) is 0 Å². The van der Waals surface area contributed by atoms with Crippen molar-refractivity contribution < 1.29 is 14.5 Å². The fourth-order valence-electron chi connectivity index (χ4n) is 2.33. The zero-order valence-electron chi connectivity index (χ0n) is 12.7. The number of rotatable bonds is 4. The average Bonchev–Trinajstić information content (AvgIpc) is 2.83. The van der Waals surface area contributed by atoms with Gasteiger partial charge in [0.05, 0.1) is 16.4 Å². The Bertz CT molecular complexity index is 913. The second kappa shape index (κ2) is 7.08. The molecule has 6 nitrogen and oxygen atoms in total. The van der Waals surface area contributed by atoms with Crippen LogP contribution in [0, 0.1) is 10.1 Å². The third-order valence-electron chi connectivity index (χ3n) is 3.48. The molecule has 3 rings (SSSR count). The van der Waals surface area contributed by atoms with E-state index in [1.165, 1.54) is 24.3 Å². The first kappa shape index (κ1) is 17.2. The second-order valence-electron chi connectivity index (χ2n) is 5.25. The topological polar surface area (TPSA) is 80.5 Å². The van der Waals surface area contributed by atoms with Gasteiger partial charge in [-0.2, -0.15) is 0 Å². The highest BCUT2D eigenvalue weighted by Gasteiger charge is 2.35. The number of hydrogen-bond donors (Lipinski definition) is 0. The number of non-ortho nitro benzene ring substituents is 1. The molecular formula is C17H11ClN2O4S.